The van der Waals surface area contributed by atoms with Crippen LogP contribution in [0.1, 0.15) is 42.9 Å². The molecule has 1 heterocycles. The summed E-state index contributed by atoms with van der Waals surface area (Å²) in [6, 6.07) is 11.3. The molecular formula is C21H25N3O4S. The Balaban J connectivity index is 1.72. The van der Waals surface area contributed by atoms with Gasteiger partial charge in [0.2, 0.25) is 0 Å². The van der Waals surface area contributed by atoms with Crippen LogP contribution in [-0.4, -0.2) is 37.8 Å². The van der Waals surface area contributed by atoms with E-state index < -0.39 is 26.9 Å². The molecule has 1 atom stereocenters. The molecule has 3 rings (SSSR count). The van der Waals surface area contributed by atoms with Gasteiger partial charge in [-0.1, -0.05) is 43.5 Å². The molecule has 1 aliphatic rings. The minimum atomic E-state index is -3.79. The van der Waals surface area contributed by atoms with Gasteiger partial charge < -0.3 is 10.6 Å². The average Bonchev–Trinajstić information content (AvgIpc) is 2.75. The first kappa shape index (κ1) is 21.0. The van der Waals surface area contributed by atoms with Crippen LogP contribution in [0.15, 0.2) is 59.8 Å². The SMILES string of the molecule is O=C(NC[C@@H](c1cccnc1)S(=O)(=O)c1ccccc1)C(=O)NC1CCCCC1. The lowest BCUT2D eigenvalue weighted by Gasteiger charge is -2.23. The summed E-state index contributed by atoms with van der Waals surface area (Å²) in [6.45, 7) is -0.222. The number of hydrogen-bond acceptors (Lipinski definition) is 5. The van der Waals surface area contributed by atoms with Gasteiger partial charge in [0.05, 0.1) is 4.90 Å². The second-order valence-corrected chi connectivity index (χ2v) is 9.28. The number of nitrogens with one attached hydrogen (secondary N) is 2. The maximum atomic E-state index is 13.2. The van der Waals surface area contributed by atoms with Crippen molar-refractivity contribution in [2.24, 2.45) is 0 Å². The van der Waals surface area contributed by atoms with E-state index in [2.05, 4.69) is 15.6 Å². The summed E-state index contributed by atoms with van der Waals surface area (Å²) < 4.78 is 26.3. The van der Waals surface area contributed by atoms with Gasteiger partial charge in [0.25, 0.3) is 0 Å². The van der Waals surface area contributed by atoms with Gasteiger partial charge in [0, 0.05) is 25.0 Å². The van der Waals surface area contributed by atoms with Gasteiger partial charge in [-0.2, -0.15) is 0 Å². The van der Waals surface area contributed by atoms with Crippen LogP contribution in [0.2, 0.25) is 0 Å². The lowest BCUT2D eigenvalue weighted by atomic mass is 9.95. The molecule has 2 amide bonds. The Labute approximate surface area is 170 Å². The summed E-state index contributed by atoms with van der Waals surface area (Å²) in [7, 11) is -3.79. The van der Waals surface area contributed by atoms with Gasteiger partial charge in [0.15, 0.2) is 9.84 Å². The second kappa shape index (κ2) is 9.65. The van der Waals surface area contributed by atoms with E-state index in [1.54, 1.807) is 36.5 Å². The first-order chi connectivity index (χ1) is 14.0. The average molecular weight is 416 g/mol. The molecule has 1 aromatic heterocycles. The third-order valence-corrected chi connectivity index (χ3v) is 7.21. The first-order valence-electron chi connectivity index (χ1n) is 9.76. The second-order valence-electron chi connectivity index (χ2n) is 7.15. The van der Waals surface area contributed by atoms with Crippen molar-refractivity contribution in [2.75, 3.05) is 6.54 Å². The summed E-state index contributed by atoms with van der Waals surface area (Å²) in [5.41, 5.74) is 0.448. The normalized spacial score (nSPS) is 16.0. The van der Waals surface area contributed by atoms with Crippen LogP contribution in [-0.2, 0) is 19.4 Å². The third-order valence-electron chi connectivity index (χ3n) is 5.10. The Morgan fingerprint density at radius 2 is 1.72 bits per heavy atom. The molecule has 0 unspecified atom stereocenters. The van der Waals surface area contributed by atoms with Crippen molar-refractivity contribution in [1.82, 2.24) is 15.6 Å². The lowest BCUT2D eigenvalue weighted by Crippen LogP contribution is -2.46. The summed E-state index contributed by atoms with van der Waals surface area (Å²) in [5.74, 6) is -1.55. The smallest absolute Gasteiger partial charge is 0.309 e. The quantitative estimate of drug-likeness (QED) is 0.704. The molecule has 154 valence electrons. The zero-order chi connectivity index (χ0) is 20.7. The van der Waals surface area contributed by atoms with Gasteiger partial charge in [-0.25, -0.2) is 8.42 Å². The Morgan fingerprint density at radius 3 is 2.38 bits per heavy atom. The Kier molecular flexibility index (Phi) is 6.98. The van der Waals surface area contributed by atoms with E-state index in [4.69, 9.17) is 0 Å². The summed E-state index contributed by atoms with van der Waals surface area (Å²) >= 11 is 0. The van der Waals surface area contributed by atoms with Gasteiger partial charge >= 0.3 is 11.8 Å². The maximum Gasteiger partial charge on any atom is 0.309 e. The van der Waals surface area contributed by atoms with E-state index in [1.807, 2.05) is 0 Å². The summed E-state index contributed by atoms with van der Waals surface area (Å²) in [6.07, 6.45) is 7.93. The molecule has 1 aliphatic carbocycles. The highest BCUT2D eigenvalue weighted by Gasteiger charge is 2.30. The number of rotatable bonds is 6. The van der Waals surface area contributed by atoms with Crippen molar-refractivity contribution in [3.8, 4) is 0 Å². The molecule has 29 heavy (non-hydrogen) atoms. The van der Waals surface area contributed by atoms with Crippen molar-refractivity contribution in [1.29, 1.82) is 0 Å². The number of carbonyl (C=O) groups is 2. The van der Waals surface area contributed by atoms with Gasteiger partial charge in [-0.05, 0) is 36.6 Å². The first-order valence-corrected chi connectivity index (χ1v) is 11.3. The van der Waals surface area contributed by atoms with Crippen molar-refractivity contribution in [3.05, 3.63) is 60.4 Å². The van der Waals surface area contributed by atoms with Crippen molar-refractivity contribution in [2.45, 2.75) is 48.3 Å². The van der Waals surface area contributed by atoms with E-state index in [0.29, 0.717) is 5.56 Å². The minimum Gasteiger partial charge on any atom is -0.346 e. The molecule has 2 N–H and O–H groups in total. The molecule has 0 bridgehead atoms. The highest BCUT2D eigenvalue weighted by Crippen LogP contribution is 2.28. The van der Waals surface area contributed by atoms with Crippen LogP contribution >= 0.6 is 0 Å². The van der Waals surface area contributed by atoms with Gasteiger partial charge in [-0.15, -0.1) is 0 Å². The fraction of sp³-hybridized carbons (Fsp3) is 0.381. The van der Waals surface area contributed by atoms with Crippen LogP contribution in [0, 0.1) is 0 Å². The van der Waals surface area contributed by atoms with E-state index in [-0.39, 0.29) is 17.5 Å². The zero-order valence-electron chi connectivity index (χ0n) is 16.1. The van der Waals surface area contributed by atoms with Crippen LogP contribution in [0.25, 0.3) is 0 Å². The largest absolute Gasteiger partial charge is 0.346 e. The monoisotopic (exact) mass is 415 g/mol. The molecule has 8 heteroatoms. The molecule has 1 fully saturated rings. The van der Waals surface area contributed by atoms with Crippen molar-refractivity contribution < 1.29 is 18.0 Å². The zero-order valence-corrected chi connectivity index (χ0v) is 16.9. The Bertz CT molecular complexity index is 927. The van der Waals surface area contributed by atoms with E-state index in [1.165, 1.54) is 18.3 Å². The predicted octanol–water partition coefficient (Wildman–Crippen LogP) is 2.16. The van der Waals surface area contributed by atoms with Crippen LogP contribution in [0.5, 0.6) is 0 Å². The standard InChI is InChI=1S/C21H25N3O4S/c25-20(21(26)24-17-9-3-1-4-10-17)23-15-19(16-8-7-13-22-14-16)29(27,28)18-11-5-2-6-12-18/h2,5-8,11-14,17,19H,1,3-4,9-10,15H2,(H,23,25)(H,24,26)/t19-/m0/s1. The minimum absolute atomic E-state index is 0.00386. The molecule has 0 spiro atoms. The fourth-order valence-corrected chi connectivity index (χ4v) is 5.18. The van der Waals surface area contributed by atoms with Crippen molar-refractivity contribution in [3.63, 3.8) is 0 Å². The molecule has 7 nitrogen and oxygen atoms in total. The molecule has 0 radical (unpaired) electrons. The fourth-order valence-electron chi connectivity index (χ4n) is 3.51. The summed E-state index contributed by atoms with van der Waals surface area (Å²) in [5, 5.41) is 4.18. The maximum absolute atomic E-state index is 13.2. The molecule has 0 aliphatic heterocycles. The number of aromatic nitrogens is 1. The predicted molar refractivity (Wildman–Crippen MR) is 109 cm³/mol. The van der Waals surface area contributed by atoms with Crippen LogP contribution in [0.3, 0.4) is 0 Å². The molecule has 1 aromatic carbocycles. The van der Waals surface area contributed by atoms with Gasteiger partial charge in [-0.3, -0.25) is 14.6 Å². The molecular weight excluding hydrogens is 390 g/mol. The Morgan fingerprint density at radius 1 is 1.00 bits per heavy atom. The highest BCUT2D eigenvalue weighted by atomic mass is 32.2. The molecule has 0 saturated heterocycles. The van der Waals surface area contributed by atoms with E-state index >= 15 is 0 Å². The molecule has 1 saturated carbocycles. The number of pyridine rings is 1. The van der Waals surface area contributed by atoms with E-state index in [9.17, 15) is 18.0 Å². The third kappa shape index (κ3) is 5.41. The number of benzene rings is 1. The topological polar surface area (TPSA) is 105 Å². The highest BCUT2D eigenvalue weighted by molar-refractivity contribution is 7.91. The van der Waals surface area contributed by atoms with Crippen LogP contribution in [0.4, 0.5) is 0 Å². The number of hydrogen-bond donors (Lipinski definition) is 2. The number of carbonyl (C=O) groups excluding carboxylic acids is 2. The lowest BCUT2D eigenvalue weighted by molar-refractivity contribution is -0.139. The van der Waals surface area contributed by atoms with Gasteiger partial charge in [0.1, 0.15) is 5.25 Å². The number of sulfone groups is 1. The number of nitrogens with zero attached hydrogens (tertiary/aromatic N) is 1. The summed E-state index contributed by atoms with van der Waals surface area (Å²) in [4.78, 5) is 28.6. The van der Waals surface area contributed by atoms with Crippen LogP contribution < -0.4 is 10.6 Å². The molecule has 2 aromatic rings. The van der Waals surface area contributed by atoms with Crippen molar-refractivity contribution >= 4 is 21.7 Å². The van der Waals surface area contributed by atoms with E-state index in [0.717, 1.165) is 32.1 Å². The number of amides is 2. The Hall–Kier alpha value is -2.74.